The van der Waals surface area contributed by atoms with Crippen LogP contribution in [0.2, 0.25) is 5.15 Å². The van der Waals surface area contributed by atoms with E-state index in [4.69, 9.17) is 27.2 Å². The van der Waals surface area contributed by atoms with Gasteiger partial charge in [0.2, 0.25) is 5.78 Å². The SMILES string of the molecule is Cc1cc(C(=O)c2ccc(-c3cnn(CC45CC6(OCCN)C[C@](C)(C4)C[C@](C)(C5)C6)c3C)c(C(=O)O)n2)nnc1Cl. The van der Waals surface area contributed by atoms with Crippen molar-refractivity contribution in [2.75, 3.05) is 13.2 Å². The highest BCUT2D eigenvalue weighted by molar-refractivity contribution is 6.30. The van der Waals surface area contributed by atoms with E-state index in [1.54, 1.807) is 19.2 Å². The van der Waals surface area contributed by atoms with Crippen molar-refractivity contribution in [2.24, 2.45) is 22.0 Å². The summed E-state index contributed by atoms with van der Waals surface area (Å²) in [4.78, 5) is 29.7. The van der Waals surface area contributed by atoms with Gasteiger partial charge in [0.15, 0.2) is 10.8 Å². The number of ether oxygens (including phenoxy) is 1. The van der Waals surface area contributed by atoms with E-state index < -0.39 is 11.8 Å². The number of ketones is 1. The first-order chi connectivity index (χ1) is 19.8. The smallest absolute Gasteiger partial charge is 0.355 e. The number of rotatable bonds is 9. The van der Waals surface area contributed by atoms with Crippen LogP contribution in [-0.2, 0) is 11.3 Å². The average molecular weight is 593 g/mol. The Kier molecular flexibility index (Phi) is 6.83. The van der Waals surface area contributed by atoms with Crippen LogP contribution in [0.25, 0.3) is 11.1 Å². The highest BCUT2D eigenvalue weighted by Crippen LogP contribution is 2.72. The van der Waals surface area contributed by atoms with Crippen molar-refractivity contribution in [1.29, 1.82) is 0 Å². The Morgan fingerprint density at radius 1 is 1.02 bits per heavy atom. The third kappa shape index (κ3) is 4.93. The van der Waals surface area contributed by atoms with E-state index in [-0.39, 0.29) is 44.1 Å². The lowest BCUT2D eigenvalue weighted by Crippen LogP contribution is -2.64. The second kappa shape index (κ2) is 9.92. The molecule has 4 aliphatic rings. The van der Waals surface area contributed by atoms with Gasteiger partial charge in [-0.1, -0.05) is 25.4 Å². The number of nitrogens with zero attached hydrogens (tertiary/aromatic N) is 5. The molecule has 0 spiro atoms. The zero-order valence-electron chi connectivity index (χ0n) is 24.5. The molecule has 3 aromatic heterocycles. The molecule has 10 nitrogen and oxygen atoms in total. The van der Waals surface area contributed by atoms with Crippen LogP contribution in [0.15, 0.2) is 24.4 Å². The van der Waals surface area contributed by atoms with Gasteiger partial charge in [0, 0.05) is 29.9 Å². The van der Waals surface area contributed by atoms with Gasteiger partial charge >= 0.3 is 5.97 Å². The topological polar surface area (TPSA) is 146 Å². The van der Waals surface area contributed by atoms with E-state index in [1.807, 2.05) is 11.6 Å². The number of nitrogens with two attached hydrogens (primary N) is 1. The largest absolute Gasteiger partial charge is 0.476 e. The van der Waals surface area contributed by atoms with Gasteiger partial charge in [-0.2, -0.15) is 5.10 Å². The van der Waals surface area contributed by atoms with Crippen LogP contribution < -0.4 is 5.73 Å². The second-order valence-corrected chi connectivity index (χ2v) is 14.1. The molecule has 0 amide bonds. The number of carbonyl (C=O) groups excluding carboxylic acids is 1. The number of carbonyl (C=O) groups is 2. The molecular formula is C31H37ClN6O4. The molecule has 0 aliphatic heterocycles. The van der Waals surface area contributed by atoms with Crippen LogP contribution in [0.4, 0.5) is 0 Å². The zero-order chi connectivity index (χ0) is 30.1. The molecule has 11 heteroatoms. The zero-order valence-corrected chi connectivity index (χ0v) is 25.3. The summed E-state index contributed by atoms with van der Waals surface area (Å²) in [5.74, 6) is -1.76. The number of aromatic carboxylic acids is 1. The first kappa shape index (κ1) is 28.9. The van der Waals surface area contributed by atoms with Crippen molar-refractivity contribution in [3.05, 3.63) is 57.9 Å². The fourth-order valence-electron chi connectivity index (χ4n) is 9.29. The molecule has 4 atom stereocenters. The minimum absolute atomic E-state index is 0.0306. The van der Waals surface area contributed by atoms with E-state index in [9.17, 15) is 14.7 Å². The number of halogens is 1. The fraction of sp³-hybridized carbons (Fsp3) is 0.548. The molecule has 0 radical (unpaired) electrons. The highest BCUT2D eigenvalue weighted by atomic mass is 35.5. The van der Waals surface area contributed by atoms with Crippen molar-refractivity contribution in [1.82, 2.24) is 25.0 Å². The monoisotopic (exact) mass is 592 g/mol. The van der Waals surface area contributed by atoms with Gasteiger partial charge in [-0.15, -0.1) is 10.2 Å². The van der Waals surface area contributed by atoms with Gasteiger partial charge in [-0.25, -0.2) is 9.78 Å². The number of aryl methyl sites for hydroxylation is 1. The third-order valence-electron chi connectivity index (χ3n) is 9.54. The molecule has 3 heterocycles. The maximum Gasteiger partial charge on any atom is 0.355 e. The molecule has 42 heavy (non-hydrogen) atoms. The summed E-state index contributed by atoms with van der Waals surface area (Å²) < 4.78 is 8.55. The van der Waals surface area contributed by atoms with Crippen molar-refractivity contribution in [2.45, 2.75) is 78.4 Å². The van der Waals surface area contributed by atoms with Crippen LogP contribution in [0, 0.1) is 30.1 Å². The summed E-state index contributed by atoms with van der Waals surface area (Å²) in [7, 11) is 0. The summed E-state index contributed by atoms with van der Waals surface area (Å²) in [6, 6.07) is 4.65. The number of carboxylic acid groups (broad SMARTS) is 1. The van der Waals surface area contributed by atoms with Crippen LogP contribution in [-0.4, -0.2) is 60.6 Å². The molecule has 2 unspecified atom stereocenters. The summed E-state index contributed by atoms with van der Waals surface area (Å²) in [5.41, 5.74) is 8.47. The van der Waals surface area contributed by atoms with E-state index in [0.29, 0.717) is 29.8 Å². The number of pyridine rings is 1. The average Bonchev–Trinajstić information content (AvgIpc) is 3.25. The first-order valence-corrected chi connectivity index (χ1v) is 14.8. The molecule has 4 saturated carbocycles. The van der Waals surface area contributed by atoms with Crippen LogP contribution >= 0.6 is 11.6 Å². The third-order valence-corrected chi connectivity index (χ3v) is 9.92. The van der Waals surface area contributed by atoms with Crippen LogP contribution in [0.5, 0.6) is 0 Å². The van der Waals surface area contributed by atoms with E-state index in [0.717, 1.165) is 44.3 Å². The minimum Gasteiger partial charge on any atom is -0.476 e. The van der Waals surface area contributed by atoms with E-state index in [1.165, 1.54) is 18.6 Å². The predicted octanol–water partition coefficient (Wildman–Crippen LogP) is 5.03. The van der Waals surface area contributed by atoms with Crippen LogP contribution in [0.3, 0.4) is 0 Å². The Balaban J connectivity index is 1.32. The lowest BCUT2D eigenvalue weighted by Gasteiger charge is -2.69. The van der Waals surface area contributed by atoms with Crippen molar-refractivity contribution in [3.63, 3.8) is 0 Å². The normalized spacial score (nSPS) is 29.7. The Hall–Kier alpha value is -3.21. The molecule has 4 bridgehead atoms. The van der Waals surface area contributed by atoms with Gasteiger partial charge in [-0.3, -0.25) is 9.48 Å². The van der Waals surface area contributed by atoms with Crippen molar-refractivity contribution < 1.29 is 19.4 Å². The summed E-state index contributed by atoms with van der Waals surface area (Å²) in [5, 5.41) is 22.7. The summed E-state index contributed by atoms with van der Waals surface area (Å²) in [6.45, 7) is 10.3. The molecule has 222 valence electrons. The number of hydrogen-bond donors (Lipinski definition) is 2. The van der Waals surface area contributed by atoms with Gasteiger partial charge < -0.3 is 15.6 Å². The van der Waals surface area contributed by atoms with Crippen molar-refractivity contribution >= 4 is 23.4 Å². The lowest BCUT2D eigenvalue weighted by atomic mass is 9.39. The van der Waals surface area contributed by atoms with Crippen LogP contribution in [0.1, 0.15) is 90.3 Å². The Bertz CT molecular complexity index is 1580. The van der Waals surface area contributed by atoms with E-state index >= 15 is 0 Å². The van der Waals surface area contributed by atoms with Gasteiger partial charge in [-0.05, 0) is 92.4 Å². The summed E-state index contributed by atoms with van der Waals surface area (Å²) in [6.07, 6.45) is 8.26. The molecule has 7 rings (SSSR count). The number of aromatic nitrogens is 5. The number of hydrogen-bond acceptors (Lipinski definition) is 8. The fourth-order valence-corrected chi connectivity index (χ4v) is 9.38. The minimum atomic E-state index is -1.23. The second-order valence-electron chi connectivity index (χ2n) is 13.7. The first-order valence-electron chi connectivity index (χ1n) is 14.4. The van der Waals surface area contributed by atoms with Gasteiger partial charge in [0.1, 0.15) is 11.4 Å². The standard InChI is InChI=1S/C31H37ClN6O4/c1-18-9-23(36-37-26(18)32)25(39)22-6-5-20(24(35-22)27(40)41)21-10-34-38(19(21)2)17-30-12-28(3)11-29(4,13-30)15-31(14-28,16-30)42-8-7-33/h5-6,9-10H,7-8,11-17,33H2,1-4H3,(H,40,41)/t28-,29+,30?,31?. The lowest BCUT2D eigenvalue weighted by molar-refractivity contribution is -0.247. The summed E-state index contributed by atoms with van der Waals surface area (Å²) >= 11 is 5.95. The Morgan fingerprint density at radius 3 is 2.38 bits per heavy atom. The molecular weight excluding hydrogens is 556 g/mol. The maximum atomic E-state index is 13.1. The highest BCUT2D eigenvalue weighted by Gasteiger charge is 2.66. The van der Waals surface area contributed by atoms with Crippen molar-refractivity contribution in [3.8, 4) is 11.1 Å². The quantitative estimate of drug-likeness (QED) is 0.327. The Morgan fingerprint density at radius 2 is 1.74 bits per heavy atom. The van der Waals surface area contributed by atoms with E-state index in [2.05, 4.69) is 29.0 Å². The molecule has 4 fully saturated rings. The molecule has 3 aromatic rings. The maximum absolute atomic E-state index is 13.1. The molecule has 4 aliphatic carbocycles. The van der Waals surface area contributed by atoms with Gasteiger partial charge in [0.05, 0.1) is 18.4 Å². The van der Waals surface area contributed by atoms with Gasteiger partial charge in [0.25, 0.3) is 0 Å². The predicted molar refractivity (Wildman–Crippen MR) is 156 cm³/mol. The Labute approximate surface area is 250 Å². The molecule has 0 aromatic carbocycles. The number of carboxylic acids is 1. The molecule has 0 saturated heterocycles. The molecule has 3 N–H and O–H groups in total.